The van der Waals surface area contributed by atoms with Gasteiger partial charge in [-0.05, 0) is 52.9 Å². The van der Waals surface area contributed by atoms with Gasteiger partial charge in [-0.15, -0.1) is 0 Å². The van der Waals surface area contributed by atoms with Gasteiger partial charge in [-0.25, -0.2) is 0 Å². The monoisotopic (exact) mass is 459 g/mol. The zero-order chi connectivity index (χ0) is 24.4. The number of hydrogen-bond acceptors (Lipinski definition) is 5. The van der Waals surface area contributed by atoms with Crippen LogP contribution >= 0.6 is 0 Å². The molecule has 1 aliphatic heterocycles. The first-order chi connectivity index (χ1) is 16.3. The number of likely N-dealkylation sites (N-methyl/N-ethyl adjacent to an activating group) is 1. The van der Waals surface area contributed by atoms with E-state index in [0.29, 0.717) is 34.2 Å². The third kappa shape index (κ3) is 4.21. The minimum Gasteiger partial charge on any atom is -0.493 e. The molecule has 34 heavy (non-hydrogen) atoms. The summed E-state index contributed by atoms with van der Waals surface area (Å²) in [6.07, 6.45) is 3.36. The molecule has 2 heterocycles. The number of methoxy groups -OCH3 is 2. The number of anilines is 1. The van der Waals surface area contributed by atoms with E-state index in [1.807, 2.05) is 30.3 Å². The Morgan fingerprint density at radius 1 is 1.06 bits per heavy atom. The predicted molar refractivity (Wildman–Crippen MR) is 131 cm³/mol. The summed E-state index contributed by atoms with van der Waals surface area (Å²) in [5, 5.41) is 3.05. The molecule has 0 spiro atoms. The molecule has 0 bridgehead atoms. The first-order valence-corrected chi connectivity index (χ1v) is 11.2. The Morgan fingerprint density at radius 2 is 1.74 bits per heavy atom. The average molecular weight is 460 g/mol. The number of rotatable bonds is 6. The van der Waals surface area contributed by atoms with Crippen molar-refractivity contribution in [2.75, 3.05) is 26.6 Å². The molecule has 1 aromatic heterocycles. The summed E-state index contributed by atoms with van der Waals surface area (Å²) in [5.74, 6) is 0.182. The highest BCUT2D eigenvalue weighted by Crippen LogP contribution is 2.45. The quantitative estimate of drug-likeness (QED) is 0.574. The molecule has 7 heteroatoms. The van der Waals surface area contributed by atoms with E-state index in [9.17, 15) is 9.59 Å². The van der Waals surface area contributed by atoms with Crippen LogP contribution in [0.1, 0.15) is 58.8 Å². The van der Waals surface area contributed by atoms with Gasteiger partial charge in [-0.3, -0.25) is 14.6 Å². The van der Waals surface area contributed by atoms with Gasteiger partial charge >= 0.3 is 0 Å². The molecule has 176 valence electrons. The van der Waals surface area contributed by atoms with Crippen LogP contribution < -0.4 is 14.8 Å². The van der Waals surface area contributed by atoms with Crippen molar-refractivity contribution >= 4 is 17.5 Å². The minimum atomic E-state index is -0.688. The normalized spacial score (nSPS) is 17.4. The molecule has 2 atom stereocenters. The number of carbonyl (C=O) groups excluding carboxylic acids is 2. The number of aromatic nitrogens is 1. The standard InChI is InChI=1S/C27H29N3O4/c1-16(2)17-8-10-19(11-9-17)29-26(31)24-20-13-22(33-4)23(34-5)14-21(20)27(32)30(3)25(24)18-7-6-12-28-15-18/h6-16,24-25H,1-5H3,(H,29,31)/t24-,25-/m0/s1. The highest BCUT2D eigenvalue weighted by Gasteiger charge is 2.43. The van der Waals surface area contributed by atoms with Crippen molar-refractivity contribution in [2.24, 2.45) is 0 Å². The molecule has 1 N–H and O–H groups in total. The number of benzene rings is 2. The lowest BCUT2D eigenvalue weighted by atomic mass is 9.79. The summed E-state index contributed by atoms with van der Waals surface area (Å²) >= 11 is 0. The molecule has 0 fully saturated rings. The van der Waals surface area contributed by atoms with Crippen LogP contribution in [0.2, 0.25) is 0 Å². The Bertz CT molecular complexity index is 1190. The number of pyridine rings is 1. The van der Waals surface area contributed by atoms with E-state index in [1.54, 1.807) is 42.5 Å². The maximum absolute atomic E-state index is 13.8. The third-order valence-corrected chi connectivity index (χ3v) is 6.33. The van der Waals surface area contributed by atoms with Crippen LogP contribution in [-0.4, -0.2) is 43.0 Å². The van der Waals surface area contributed by atoms with Crippen molar-refractivity contribution in [3.8, 4) is 11.5 Å². The van der Waals surface area contributed by atoms with Crippen LogP contribution in [0.25, 0.3) is 0 Å². The van der Waals surface area contributed by atoms with Crippen LogP contribution in [0.15, 0.2) is 60.9 Å². The van der Waals surface area contributed by atoms with Gasteiger partial charge < -0.3 is 19.7 Å². The first-order valence-electron chi connectivity index (χ1n) is 11.2. The Labute approximate surface area is 199 Å². The highest BCUT2D eigenvalue weighted by atomic mass is 16.5. The number of amides is 2. The summed E-state index contributed by atoms with van der Waals surface area (Å²) in [6, 6.07) is 14.3. The topological polar surface area (TPSA) is 80.8 Å². The van der Waals surface area contributed by atoms with E-state index in [2.05, 4.69) is 24.1 Å². The maximum Gasteiger partial charge on any atom is 0.254 e. The predicted octanol–water partition coefficient (Wildman–Crippen LogP) is 4.77. The Hall–Kier alpha value is -3.87. The lowest BCUT2D eigenvalue weighted by Gasteiger charge is -2.39. The van der Waals surface area contributed by atoms with Crippen molar-refractivity contribution in [1.29, 1.82) is 0 Å². The van der Waals surface area contributed by atoms with E-state index in [-0.39, 0.29) is 11.8 Å². The maximum atomic E-state index is 13.8. The van der Waals surface area contributed by atoms with Crippen LogP contribution in [-0.2, 0) is 4.79 Å². The second-order valence-electron chi connectivity index (χ2n) is 8.69. The van der Waals surface area contributed by atoms with Gasteiger partial charge in [0.05, 0.1) is 26.2 Å². The van der Waals surface area contributed by atoms with Gasteiger partial charge in [0.25, 0.3) is 5.91 Å². The number of nitrogens with zero attached hydrogens (tertiary/aromatic N) is 2. The number of nitrogens with one attached hydrogen (secondary N) is 1. The third-order valence-electron chi connectivity index (χ3n) is 6.33. The van der Waals surface area contributed by atoms with E-state index < -0.39 is 12.0 Å². The molecule has 0 saturated heterocycles. The van der Waals surface area contributed by atoms with Crippen LogP contribution in [0.3, 0.4) is 0 Å². The first kappa shape index (κ1) is 23.3. The molecule has 0 aliphatic carbocycles. The lowest BCUT2D eigenvalue weighted by molar-refractivity contribution is -0.119. The highest BCUT2D eigenvalue weighted by molar-refractivity contribution is 6.04. The number of ether oxygens (including phenoxy) is 2. The largest absolute Gasteiger partial charge is 0.493 e. The van der Waals surface area contributed by atoms with Crippen molar-refractivity contribution in [3.63, 3.8) is 0 Å². The summed E-state index contributed by atoms with van der Waals surface area (Å²) in [5.41, 5.74) is 3.66. The van der Waals surface area contributed by atoms with E-state index in [0.717, 1.165) is 5.56 Å². The summed E-state index contributed by atoms with van der Waals surface area (Å²) in [6.45, 7) is 4.25. The van der Waals surface area contributed by atoms with E-state index in [1.165, 1.54) is 19.8 Å². The molecule has 0 saturated carbocycles. The fraction of sp³-hybridized carbons (Fsp3) is 0.296. The van der Waals surface area contributed by atoms with Gasteiger partial charge in [-0.2, -0.15) is 0 Å². The number of carbonyl (C=O) groups is 2. The zero-order valence-corrected chi connectivity index (χ0v) is 20.0. The van der Waals surface area contributed by atoms with Crippen molar-refractivity contribution < 1.29 is 19.1 Å². The Morgan fingerprint density at radius 3 is 2.32 bits per heavy atom. The van der Waals surface area contributed by atoms with Crippen molar-refractivity contribution in [1.82, 2.24) is 9.88 Å². The molecule has 3 aromatic rings. The van der Waals surface area contributed by atoms with Crippen LogP contribution in [0.5, 0.6) is 11.5 Å². The molecule has 1 aliphatic rings. The van der Waals surface area contributed by atoms with Gasteiger partial charge in [0.2, 0.25) is 5.91 Å². The van der Waals surface area contributed by atoms with Crippen LogP contribution in [0.4, 0.5) is 5.69 Å². The van der Waals surface area contributed by atoms with Crippen molar-refractivity contribution in [2.45, 2.75) is 31.7 Å². The average Bonchev–Trinajstić information content (AvgIpc) is 2.85. The van der Waals surface area contributed by atoms with Gasteiger partial charge in [0.15, 0.2) is 11.5 Å². The number of hydrogen-bond donors (Lipinski definition) is 1. The van der Waals surface area contributed by atoms with Gasteiger partial charge in [-0.1, -0.05) is 32.0 Å². The van der Waals surface area contributed by atoms with Crippen molar-refractivity contribution in [3.05, 3.63) is 83.2 Å². The zero-order valence-electron chi connectivity index (χ0n) is 20.0. The summed E-state index contributed by atoms with van der Waals surface area (Å²) in [4.78, 5) is 33.0. The SMILES string of the molecule is COc1cc2c(cc1OC)[C@H](C(=O)Nc1ccc(C(C)C)cc1)[C@H](c1cccnc1)N(C)C2=O. The Kier molecular flexibility index (Phi) is 6.54. The molecular weight excluding hydrogens is 430 g/mol. The fourth-order valence-corrected chi connectivity index (χ4v) is 4.47. The van der Waals surface area contributed by atoms with E-state index >= 15 is 0 Å². The molecule has 2 aromatic carbocycles. The number of fused-ring (bicyclic) bond motifs is 1. The second kappa shape index (κ2) is 9.55. The van der Waals surface area contributed by atoms with Gasteiger partial charge in [0, 0.05) is 30.7 Å². The molecule has 7 nitrogen and oxygen atoms in total. The molecular formula is C27H29N3O4. The fourth-order valence-electron chi connectivity index (χ4n) is 4.47. The lowest BCUT2D eigenvalue weighted by Crippen LogP contribution is -2.44. The second-order valence-corrected chi connectivity index (χ2v) is 8.69. The molecule has 0 unspecified atom stereocenters. The summed E-state index contributed by atoms with van der Waals surface area (Å²) < 4.78 is 10.9. The van der Waals surface area contributed by atoms with Gasteiger partial charge in [0.1, 0.15) is 0 Å². The molecule has 4 rings (SSSR count). The Balaban J connectivity index is 1.82. The molecule has 2 amide bonds. The van der Waals surface area contributed by atoms with Crippen LogP contribution in [0, 0.1) is 0 Å². The smallest absolute Gasteiger partial charge is 0.254 e. The minimum absolute atomic E-state index is 0.199. The summed E-state index contributed by atoms with van der Waals surface area (Å²) in [7, 11) is 4.76. The van der Waals surface area contributed by atoms with E-state index in [4.69, 9.17) is 9.47 Å². The molecule has 0 radical (unpaired) electrons.